The average molecular weight is 509 g/mol. The Kier molecular flexibility index (Phi) is 3.90. The molecule has 2 aromatic rings. The van der Waals surface area contributed by atoms with Crippen molar-refractivity contribution < 1.29 is 21.6 Å². The Balaban J connectivity index is 1.18. The van der Waals surface area contributed by atoms with Crippen molar-refractivity contribution in [2.45, 2.75) is 33.8 Å². The highest BCUT2D eigenvalue weighted by atomic mass is 32.2. The molecule has 6 aliphatic rings. The zero-order valence-electron chi connectivity index (χ0n) is 19.2. The summed E-state index contributed by atoms with van der Waals surface area (Å²) in [4.78, 5) is 14.8. The third-order valence-electron chi connectivity index (χ3n) is 11.3. The summed E-state index contributed by atoms with van der Waals surface area (Å²) in [5, 5.41) is 0. The van der Waals surface area contributed by atoms with E-state index in [1.54, 1.807) is 48.5 Å². The first-order chi connectivity index (χ1) is 16.8. The highest BCUT2D eigenvalue weighted by Crippen LogP contribution is 2.86. The SMILES string of the molecule is O=C1[C@@H]2[C@H](CCS(=O)(=O)c3ccccc3)[C@@H]3C[C@@H]4[C@H]5[C@H]6C[C@]4(S(=O)(=O)c4ccccc4)[C@H]1[C@H]6[C@@H]2[C@H]35. The number of sulfone groups is 2. The van der Waals surface area contributed by atoms with Crippen molar-refractivity contribution in [1.29, 1.82) is 0 Å². The summed E-state index contributed by atoms with van der Waals surface area (Å²) in [6.45, 7) is 0. The Labute approximate surface area is 206 Å². The lowest BCUT2D eigenvalue weighted by Gasteiger charge is -2.42. The van der Waals surface area contributed by atoms with E-state index in [4.69, 9.17) is 0 Å². The van der Waals surface area contributed by atoms with Crippen LogP contribution in [0.15, 0.2) is 70.5 Å². The number of hydrogen-bond donors (Lipinski definition) is 0. The van der Waals surface area contributed by atoms with Gasteiger partial charge in [0.1, 0.15) is 5.78 Å². The standard InChI is InChI=1S/C28H28O5S2/c29-27-24-17(11-12-34(30,31)15-7-3-1-4-8-15)18-13-20-21-19-14-28(20,26(27)23(19)25(24)22(18)21)35(32,33)16-9-5-2-6-10-16/h1-10,17-26H,11-14H2/t17-,18+,19-,20-,21-,22-,23-,24-,25+,26+,28-/m1/s1. The molecule has 0 aromatic heterocycles. The molecule has 2 bridgehead atoms. The molecule has 8 rings (SSSR count). The van der Waals surface area contributed by atoms with Gasteiger partial charge in [-0.2, -0.15) is 0 Å². The number of fused-ring (bicyclic) bond motifs is 3. The van der Waals surface area contributed by atoms with Crippen LogP contribution in [0, 0.1) is 59.2 Å². The quantitative estimate of drug-likeness (QED) is 0.595. The molecular weight excluding hydrogens is 480 g/mol. The molecule has 0 aliphatic heterocycles. The van der Waals surface area contributed by atoms with Gasteiger partial charge in [-0.15, -0.1) is 0 Å². The topological polar surface area (TPSA) is 85.3 Å². The molecule has 0 radical (unpaired) electrons. The molecule has 0 N–H and O–H groups in total. The smallest absolute Gasteiger partial charge is 0.185 e. The van der Waals surface area contributed by atoms with E-state index in [-0.39, 0.29) is 47.0 Å². The minimum atomic E-state index is -3.65. The van der Waals surface area contributed by atoms with E-state index in [1.807, 2.05) is 12.1 Å². The van der Waals surface area contributed by atoms with Gasteiger partial charge in [0.15, 0.2) is 19.7 Å². The lowest BCUT2D eigenvalue weighted by molar-refractivity contribution is -0.128. The van der Waals surface area contributed by atoms with E-state index >= 15 is 0 Å². The highest BCUT2D eigenvalue weighted by molar-refractivity contribution is 7.93. The predicted octanol–water partition coefficient (Wildman–Crippen LogP) is 3.66. The van der Waals surface area contributed by atoms with Crippen molar-refractivity contribution in [3.05, 3.63) is 60.7 Å². The van der Waals surface area contributed by atoms with Gasteiger partial charge in [0.2, 0.25) is 0 Å². The summed E-state index contributed by atoms with van der Waals surface area (Å²) in [6.07, 6.45) is 2.00. The second-order valence-electron chi connectivity index (χ2n) is 11.9. The monoisotopic (exact) mass is 508 g/mol. The maximum atomic E-state index is 14.2. The number of rotatable bonds is 6. The fourth-order valence-electron chi connectivity index (χ4n) is 10.8. The van der Waals surface area contributed by atoms with Gasteiger partial charge in [0.25, 0.3) is 0 Å². The number of carbonyl (C=O) groups excluding carboxylic acids is 1. The van der Waals surface area contributed by atoms with Crippen LogP contribution in [-0.4, -0.2) is 33.1 Å². The molecule has 0 heterocycles. The van der Waals surface area contributed by atoms with Crippen molar-refractivity contribution in [3.63, 3.8) is 0 Å². The molecule has 7 heteroatoms. The Morgan fingerprint density at radius 3 is 2.11 bits per heavy atom. The molecule has 182 valence electrons. The third-order valence-corrected chi connectivity index (χ3v) is 15.7. The van der Waals surface area contributed by atoms with E-state index < -0.39 is 30.3 Å². The van der Waals surface area contributed by atoms with E-state index in [9.17, 15) is 21.6 Å². The lowest BCUT2D eigenvalue weighted by Crippen LogP contribution is -2.53. The van der Waals surface area contributed by atoms with Crippen molar-refractivity contribution >= 4 is 25.5 Å². The molecule has 2 aromatic carbocycles. The maximum absolute atomic E-state index is 14.2. The predicted molar refractivity (Wildman–Crippen MR) is 129 cm³/mol. The Bertz CT molecular complexity index is 1470. The van der Waals surface area contributed by atoms with Crippen LogP contribution in [-0.2, 0) is 24.5 Å². The summed E-state index contributed by atoms with van der Waals surface area (Å²) in [7, 11) is -7.05. The van der Waals surface area contributed by atoms with Gasteiger partial charge in [-0.25, -0.2) is 16.8 Å². The van der Waals surface area contributed by atoms with Gasteiger partial charge < -0.3 is 0 Å². The molecule has 5 nitrogen and oxygen atoms in total. The Hall–Kier alpha value is -1.99. The number of benzene rings is 2. The Morgan fingerprint density at radius 1 is 0.771 bits per heavy atom. The summed E-state index contributed by atoms with van der Waals surface area (Å²) in [6, 6.07) is 17.3. The summed E-state index contributed by atoms with van der Waals surface area (Å²) in [5.41, 5.74) is 0. The largest absolute Gasteiger partial charge is 0.299 e. The Morgan fingerprint density at radius 2 is 1.43 bits per heavy atom. The van der Waals surface area contributed by atoms with Gasteiger partial charge in [0.05, 0.1) is 20.3 Å². The van der Waals surface area contributed by atoms with Crippen molar-refractivity contribution in [2.75, 3.05) is 5.75 Å². The molecule has 11 atom stereocenters. The van der Waals surface area contributed by atoms with Crippen molar-refractivity contribution in [2.24, 2.45) is 59.2 Å². The molecule has 6 fully saturated rings. The molecule has 35 heavy (non-hydrogen) atoms. The zero-order chi connectivity index (χ0) is 23.9. The molecule has 0 amide bonds. The van der Waals surface area contributed by atoms with Crippen LogP contribution in [0.4, 0.5) is 0 Å². The first kappa shape index (κ1) is 21.1. The van der Waals surface area contributed by atoms with Gasteiger partial charge >= 0.3 is 0 Å². The summed E-state index contributed by atoms with van der Waals surface area (Å²) >= 11 is 0. The zero-order valence-corrected chi connectivity index (χ0v) is 20.9. The average Bonchev–Trinajstić information content (AvgIpc) is 3.64. The van der Waals surface area contributed by atoms with Gasteiger partial charge in [-0.3, -0.25) is 4.79 Å². The van der Waals surface area contributed by atoms with Crippen LogP contribution in [0.25, 0.3) is 0 Å². The maximum Gasteiger partial charge on any atom is 0.185 e. The first-order valence-corrected chi connectivity index (χ1v) is 16.0. The van der Waals surface area contributed by atoms with Crippen molar-refractivity contribution in [3.8, 4) is 0 Å². The van der Waals surface area contributed by atoms with Crippen LogP contribution < -0.4 is 0 Å². The van der Waals surface area contributed by atoms with Crippen LogP contribution in [0.3, 0.4) is 0 Å². The molecule has 0 saturated heterocycles. The third kappa shape index (κ3) is 2.22. The lowest BCUT2D eigenvalue weighted by atomic mass is 9.70. The van der Waals surface area contributed by atoms with Crippen LogP contribution in [0.1, 0.15) is 19.3 Å². The summed E-state index contributed by atoms with van der Waals surface area (Å²) < 4.78 is 53.6. The van der Waals surface area contributed by atoms with Gasteiger partial charge in [0, 0.05) is 11.8 Å². The van der Waals surface area contributed by atoms with Crippen LogP contribution >= 0.6 is 0 Å². The fourth-order valence-corrected chi connectivity index (χ4v) is 14.8. The minimum Gasteiger partial charge on any atom is -0.299 e. The number of carbonyl (C=O) groups is 1. The van der Waals surface area contributed by atoms with Crippen molar-refractivity contribution in [1.82, 2.24) is 0 Å². The number of ketones is 1. The van der Waals surface area contributed by atoms with Gasteiger partial charge in [-0.1, -0.05) is 36.4 Å². The van der Waals surface area contributed by atoms with E-state index in [0.717, 1.165) is 6.42 Å². The molecule has 6 aliphatic carbocycles. The van der Waals surface area contributed by atoms with E-state index in [0.29, 0.717) is 40.4 Å². The highest BCUT2D eigenvalue weighted by Gasteiger charge is 2.88. The molecular formula is C28H28O5S2. The van der Waals surface area contributed by atoms with Crippen LogP contribution in [0.2, 0.25) is 0 Å². The second kappa shape index (κ2) is 6.46. The molecule has 0 spiro atoms. The van der Waals surface area contributed by atoms with Gasteiger partial charge in [-0.05, 0) is 90.9 Å². The van der Waals surface area contributed by atoms with E-state index in [2.05, 4.69) is 0 Å². The minimum absolute atomic E-state index is 0.0392. The first-order valence-electron chi connectivity index (χ1n) is 12.9. The fraction of sp³-hybridized carbons (Fsp3) is 0.536. The summed E-state index contributed by atoms with van der Waals surface area (Å²) in [5.74, 6) is 1.70. The molecule has 6 saturated carbocycles. The molecule has 0 unspecified atom stereocenters. The van der Waals surface area contributed by atoms with Crippen LogP contribution in [0.5, 0.6) is 0 Å². The second-order valence-corrected chi connectivity index (χ2v) is 16.3. The van der Waals surface area contributed by atoms with E-state index in [1.165, 1.54) is 0 Å². The number of Topliss-reactive ketones (excluding diaryl/α,β-unsaturated/α-hetero) is 1. The normalized spacial score (nSPS) is 45.8. The number of hydrogen-bond acceptors (Lipinski definition) is 5.